The third kappa shape index (κ3) is 4.90. The Kier molecular flexibility index (Phi) is 8.65. The molecule has 31 heavy (non-hydrogen) atoms. The Balaban J connectivity index is 0.00000272. The van der Waals surface area contributed by atoms with Crippen molar-refractivity contribution < 1.29 is 38.0 Å². The average molecular weight is 538 g/mol. The second-order valence-corrected chi connectivity index (χ2v) is 10.1. The van der Waals surface area contributed by atoms with E-state index in [0.29, 0.717) is 18.1 Å². The van der Waals surface area contributed by atoms with Gasteiger partial charge in [-0.2, -0.15) is 0 Å². The highest BCUT2D eigenvalue weighted by atomic mass is 127. The van der Waals surface area contributed by atoms with Crippen LogP contribution in [0.5, 0.6) is 0 Å². The molecule has 2 saturated heterocycles. The highest BCUT2D eigenvalue weighted by molar-refractivity contribution is 5.89. The summed E-state index contributed by atoms with van der Waals surface area (Å²) >= 11 is 0. The molecule has 0 radical (unpaired) electrons. The number of carbonyl (C=O) groups is 1. The van der Waals surface area contributed by atoms with Gasteiger partial charge >= 0.3 is 5.97 Å². The van der Waals surface area contributed by atoms with Crippen molar-refractivity contribution in [3.8, 4) is 0 Å². The highest BCUT2D eigenvalue weighted by Crippen LogP contribution is 2.46. The maximum atomic E-state index is 13.3. The number of ether oxygens (including phenoxy) is 1. The van der Waals surface area contributed by atoms with Crippen molar-refractivity contribution in [3.63, 3.8) is 0 Å². The lowest BCUT2D eigenvalue weighted by molar-refractivity contribution is -0.985. The predicted molar refractivity (Wildman–Crippen MR) is 123 cm³/mol. The maximum Gasteiger partial charge on any atom is 0.313 e. The monoisotopic (exact) mass is 537 g/mol. The number of unbranched alkanes of at least 4 members (excludes halogenated alkanes) is 1. The minimum atomic E-state index is -0.0924. The molecule has 0 N–H and O–H groups in total. The lowest BCUT2D eigenvalue weighted by Gasteiger charge is -2.52. The molecule has 4 rings (SSSR count). The normalized spacial score (nSPS) is 32.3. The summed E-state index contributed by atoms with van der Waals surface area (Å²) in [5, 5.41) is 0. The molecule has 2 fully saturated rings. The van der Waals surface area contributed by atoms with E-state index in [-0.39, 0.29) is 42.0 Å². The number of rotatable bonds is 7. The number of hydrogen-bond acceptors (Lipinski definition) is 2. The molecule has 1 aromatic carbocycles. The molecule has 3 aliphatic rings. The van der Waals surface area contributed by atoms with Gasteiger partial charge in [-0.15, -0.1) is 0 Å². The van der Waals surface area contributed by atoms with E-state index >= 15 is 0 Å². The van der Waals surface area contributed by atoms with Crippen LogP contribution in [0, 0.1) is 5.92 Å². The predicted octanol–water partition coefficient (Wildman–Crippen LogP) is 3.14. The molecule has 1 aliphatic carbocycles. The minimum Gasteiger partial charge on any atom is -1.00 e. The van der Waals surface area contributed by atoms with Gasteiger partial charge in [0.1, 0.15) is 6.10 Å². The first-order chi connectivity index (χ1) is 14.6. The number of quaternary nitrogens is 1. The maximum absolute atomic E-state index is 13.3. The Morgan fingerprint density at radius 3 is 2.39 bits per heavy atom. The van der Waals surface area contributed by atoms with Crippen LogP contribution in [-0.2, 0) is 9.53 Å². The van der Waals surface area contributed by atoms with E-state index in [2.05, 4.69) is 51.1 Å². The largest absolute Gasteiger partial charge is 1.00 e. The standard InChI is InChI=1S/C27H40NO2.HI/c1-4-5-17-28(20(2)3)22-15-16-23(28)19-24(18-22)30-27(29)26-14-10-9-13-25(26)21-11-7-6-8-12-21;/h6-8,11-13,20,22-24,26H,4-5,9-10,14-19H2,1-3H3;1H/q+1;/p-1/t22-,23+,24?,26?,28?;. The van der Waals surface area contributed by atoms with Crippen LogP contribution in [0.4, 0.5) is 0 Å². The molecule has 1 aromatic rings. The summed E-state index contributed by atoms with van der Waals surface area (Å²) in [6.45, 7) is 8.42. The molecular weight excluding hydrogens is 497 g/mol. The number of hydrogen-bond donors (Lipinski definition) is 0. The van der Waals surface area contributed by atoms with Crippen molar-refractivity contribution in [3.05, 3.63) is 42.0 Å². The van der Waals surface area contributed by atoms with E-state index < -0.39 is 0 Å². The first-order valence-electron chi connectivity index (χ1n) is 12.4. The molecule has 3 unspecified atom stereocenters. The number of nitrogens with zero attached hydrogens (tertiary/aromatic N) is 1. The van der Waals surface area contributed by atoms with Crippen LogP contribution < -0.4 is 24.0 Å². The van der Waals surface area contributed by atoms with Gasteiger partial charge in [-0.25, -0.2) is 0 Å². The fourth-order valence-electron chi connectivity index (χ4n) is 6.81. The van der Waals surface area contributed by atoms with Crippen molar-refractivity contribution in [2.45, 2.75) is 103 Å². The highest BCUT2D eigenvalue weighted by Gasteiger charge is 2.56. The van der Waals surface area contributed by atoms with Crippen molar-refractivity contribution in [2.24, 2.45) is 5.92 Å². The second-order valence-electron chi connectivity index (χ2n) is 10.1. The van der Waals surface area contributed by atoms with E-state index in [4.69, 9.17) is 4.74 Å². The third-order valence-electron chi connectivity index (χ3n) is 8.23. The molecule has 2 aliphatic heterocycles. The zero-order valence-electron chi connectivity index (χ0n) is 19.6. The molecule has 0 amide bonds. The van der Waals surface area contributed by atoms with Crippen molar-refractivity contribution in [1.29, 1.82) is 0 Å². The quantitative estimate of drug-likeness (QED) is 0.304. The first kappa shape index (κ1) is 24.8. The van der Waals surface area contributed by atoms with Crippen LogP contribution in [-0.4, -0.2) is 41.2 Å². The van der Waals surface area contributed by atoms with Gasteiger partial charge in [0, 0.05) is 25.7 Å². The van der Waals surface area contributed by atoms with Crippen LogP contribution in [0.25, 0.3) is 5.57 Å². The number of carbonyl (C=O) groups excluding carboxylic acids is 1. The molecule has 172 valence electrons. The molecule has 0 aromatic heterocycles. The van der Waals surface area contributed by atoms with E-state index in [1.807, 2.05) is 6.07 Å². The number of allylic oxidation sites excluding steroid dienone is 1. The summed E-state index contributed by atoms with van der Waals surface area (Å²) in [4.78, 5) is 13.3. The summed E-state index contributed by atoms with van der Waals surface area (Å²) in [5.41, 5.74) is 2.36. The number of esters is 1. The first-order valence-corrected chi connectivity index (χ1v) is 12.4. The Labute approximate surface area is 206 Å². The number of benzene rings is 1. The molecule has 4 heteroatoms. The van der Waals surface area contributed by atoms with E-state index in [1.165, 1.54) is 47.8 Å². The van der Waals surface area contributed by atoms with Crippen LogP contribution in [0.1, 0.15) is 84.1 Å². The van der Waals surface area contributed by atoms with Gasteiger partial charge in [0.05, 0.1) is 30.6 Å². The van der Waals surface area contributed by atoms with Crippen LogP contribution in [0.2, 0.25) is 0 Å². The van der Waals surface area contributed by atoms with Gasteiger partial charge < -0.3 is 33.2 Å². The van der Waals surface area contributed by atoms with E-state index in [9.17, 15) is 4.79 Å². The zero-order chi connectivity index (χ0) is 21.1. The molecule has 0 spiro atoms. The van der Waals surface area contributed by atoms with Gasteiger partial charge in [-0.05, 0) is 50.7 Å². The Hall–Kier alpha value is -0.880. The topological polar surface area (TPSA) is 26.3 Å². The van der Waals surface area contributed by atoms with Crippen molar-refractivity contribution >= 4 is 11.5 Å². The lowest BCUT2D eigenvalue weighted by atomic mass is 9.83. The third-order valence-corrected chi connectivity index (χ3v) is 8.23. The van der Waals surface area contributed by atoms with Gasteiger partial charge in [0.15, 0.2) is 0 Å². The van der Waals surface area contributed by atoms with Crippen LogP contribution in [0.15, 0.2) is 36.4 Å². The van der Waals surface area contributed by atoms with E-state index in [0.717, 1.165) is 32.1 Å². The van der Waals surface area contributed by atoms with Gasteiger partial charge in [-0.1, -0.05) is 49.8 Å². The Morgan fingerprint density at radius 1 is 1.10 bits per heavy atom. The van der Waals surface area contributed by atoms with Gasteiger partial charge in [-0.3, -0.25) is 4.79 Å². The fraction of sp³-hybridized carbons (Fsp3) is 0.667. The Morgan fingerprint density at radius 2 is 1.77 bits per heavy atom. The van der Waals surface area contributed by atoms with Gasteiger partial charge in [0.25, 0.3) is 0 Å². The zero-order valence-corrected chi connectivity index (χ0v) is 21.7. The molecule has 0 saturated carbocycles. The van der Waals surface area contributed by atoms with Crippen LogP contribution >= 0.6 is 0 Å². The second kappa shape index (κ2) is 10.8. The number of halogens is 1. The summed E-state index contributed by atoms with van der Waals surface area (Å²) < 4.78 is 7.53. The molecule has 5 atom stereocenters. The van der Waals surface area contributed by atoms with Gasteiger partial charge in [0.2, 0.25) is 0 Å². The smallest absolute Gasteiger partial charge is 0.313 e. The molecule has 2 heterocycles. The SMILES string of the molecule is CCCC[N+]1(C(C)C)[C@@H]2CC[C@H]1CC(OC(=O)C1CCCC=C1c1ccccc1)C2.[I-]. The number of piperidine rings is 1. The van der Waals surface area contributed by atoms with Crippen molar-refractivity contribution in [2.75, 3.05) is 6.54 Å². The Bertz CT molecular complexity index is 746. The average Bonchev–Trinajstić information content (AvgIpc) is 2.96. The summed E-state index contributed by atoms with van der Waals surface area (Å²) in [5.74, 6) is -0.0718. The minimum absolute atomic E-state index is 0. The van der Waals surface area contributed by atoms with Crippen LogP contribution in [0.3, 0.4) is 0 Å². The van der Waals surface area contributed by atoms with E-state index in [1.54, 1.807) is 0 Å². The summed E-state index contributed by atoms with van der Waals surface area (Å²) in [6.07, 6.45) is 12.7. The lowest BCUT2D eigenvalue weighted by Crippen LogP contribution is -3.00. The molecule has 3 nitrogen and oxygen atoms in total. The molecular formula is C27H40INO2. The summed E-state index contributed by atoms with van der Waals surface area (Å²) in [6, 6.07) is 12.4. The number of fused-ring (bicyclic) bond motifs is 2. The summed E-state index contributed by atoms with van der Waals surface area (Å²) in [7, 11) is 0. The fourth-order valence-corrected chi connectivity index (χ4v) is 6.81. The van der Waals surface area contributed by atoms with Crippen molar-refractivity contribution in [1.82, 2.24) is 0 Å². The molecule has 2 bridgehead atoms.